The molecule has 0 aliphatic carbocycles. The zero-order chi connectivity index (χ0) is 19.7. The maximum Gasteiger partial charge on any atom is 0.266 e. The summed E-state index contributed by atoms with van der Waals surface area (Å²) in [5, 5.41) is 9.11. The van der Waals surface area contributed by atoms with Crippen molar-refractivity contribution in [2.24, 2.45) is 0 Å². The van der Waals surface area contributed by atoms with Crippen LogP contribution < -0.4 is 5.56 Å². The molecule has 0 spiro atoms. The largest absolute Gasteiger partial charge is 0.425 e. The van der Waals surface area contributed by atoms with E-state index in [9.17, 15) is 4.79 Å². The molecule has 142 valence electrons. The molecule has 2 aromatic carbocycles. The molecular weight excluding hydrogens is 372 g/mol. The highest BCUT2D eigenvalue weighted by Crippen LogP contribution is 2.28. The number of nitrogens with zero attached hydrogens (tertiary/aromatic N) is 4. The summed E-state index contributed by atoms with van der Waals surface area (Å²) in [5.74, 6) is 1.74. The standard InChI is InChI=1S/C21H20N4O2S/c1-13(2)15-8-5-7-11-18(15)25-20(26)16-9-4-6-10-17(16)22-21(25)28-12-19-24-23-14(3)27-19/h4-11,13H,12H2,1-3H3. The van der Waals surface area contributed by atoms with E-state index in [4.69, 9.17) is 9.40 Å². The Labute approximate surface area is 166 Å². The molecule has 0 bridgehead atoms. The molecular formula is C21H20N4O2S. The minimum Gasteiger partial charge on any atom is -0.425 e. The molecule has 0 saturated heterocycles. The van der Waals surface area contributed by atoms with Crippen molar-refractivity contribution in [1.82, 2.24) is 19.7 Å². The Morgan fingerprint density at radius 1 is 1.07 bits per heavy atom. The Hall–Kier alpha value is -2.93. The molecule has 0 aliphatic heterocycles. The number of thioether (sulfide) groups is 1. The molecule has 0 radical (unpaired) electrons. The lowest BCUT2D eigenvalue weighted by molar-refractivity contribution is 0.485. The fourth-order valence-corrected chi connectivity index (χ4v) is 3.97. The van der Waals surface area contributed by atoms with Crippen LogP contribution in [-0.4, -0.2) is 19.7 Å². The molecule has 28 heavy (non-hydrogen) atoms. The lowest BCUT2D eigenvalue weighted by Crippen LogP contribution is -2.23. The lowest BCUT2D eigenvalue weighted by atomic mass is 10.0. The second kappa shape index (κ2) is 7.59. The van der Waals surface area contributed by atoms with Crippen molar-refractivity contribution in [3.8, 4) is 5.69 Å². The summed E-state index contributed by atoms with van der Waals surface area (Å²) < 4.78 is 7.17. The van der Waals surface area contributed by atoms with Gasteiger partial charge in [0, 0.05) is 6.92 Å². The molecule has 0 amide bonds. The zero-order valence-corrected chi connectivity index (χ0v) is 16.7. The van der Waals surface area contributed by atoms with Gasteiger partial charge in [0.15, 0.2) is 5.16 Å². The van der Waals surface area contributed by atoms with Crippen molar-refractivity contribution in [3.63, 3.8) is 0 Å². The van der Waals surface area contributed by atoms with Crippen LogP contribution in [0.15, 0.2) is 62.9 Å². The molecule has 0 unspecified atom stereocenters. The zero-order valence-electron chi connectivity index (χ0n) is 15.9. The van der Waals surface area contributed by atoms with Crippen LogP contribution in [-0.2, 0) is 5.75 Å². The third-order valence-corrected chi connectivity index (χ3v) is 5.36. The Kier molecular flexibility index (Phi) is 5.00. The fourth-order valence-electron chi connectivity index (χ4n) is 3.12. The van der Waals surface area contributed by atoms with E-state index in [2.05, 4.69) is 30.1 Å². The van der Waals surface area contributed by atoms with Gasteiger partial charge in [0.2, 0.25) is 11.8 Å². The number of hydrogen-bond acceptors (Lipinski definition) is 6. The van der Waals surface area contributed by atoms with Crippen LogP contribution in [0.1, 0.15) is 37.1 Å². The van der Waals surface area contributed by atoms with Gasteiger partial charge < -0.3 is 4.42 Å². The highest BCUT2D eigenvalue weighted by Gasteiger charge is 2.17. The molecule has 2 heterocycles. The topological polar surface area (TPSA) is 73.8 Å². The van der Waals surface area contributed by atoms with Gasteiger partial charge in [-0.15, -0.1) is 10.2 Å². The van der Waals surface area contributed by atoms with Gasteiger partial charge in [-0.1, -0.05) is 55.9 Å². The average Bonchev–Trinajstić information content (AvgIpc) is 3.12. The number of aromatic nitrogens is 4. The molecule has 0 aliphatic rings. The maximum absolute atomic E-state index is 13.4. The van der Waals surface area contributed by atoms with Crippen molar-refractivity contribution in [2.75, 3.05) is 0 Å². The highest BCUT2D eigenvalue weighted by atomic mass is 32.2. The van der Waals surface area contributed by atoms with Crippen molar-refractivity contribution in [1.29, 1.82) is 0 Å². The van der Waals surface area contributed by atoms with Gasteiger partial charge in [0.1, 0.15) is 0 Å². The first-order valence-electron chi connectivity index (χ1n) is 9.07. The van der Waals surface area contributed by atoms with Crippen LogP contribution in [0.5, 0.6) is 0 Å². The SMILES string of the molecule is Cc1nnc(CSc2nc3ccccc3c(=O)n2-c2ccccc2C(C)C)o1. The first-order valence-corrected chi connectivity index (χ1v) is 10.1. The number of para-hydroxylation sites is 2. The van der Waals surface area contributed by atoms with E-state index in [1.165, 1.54) is 11.8 Å². The van der Waals surface area contributed by atoms with Gasteiger partial charge in [-0.2, -0.15) is 0 Å². The number of fused-ring (bicyclic) bond motifs is 1. The van der Waals surface area contributed by atoms with E-state index < -0.39 is 0 Å². The fraction of sp³-hybridized carbons (Fsp3) is 0.238. The second-order valence-electron chi connectivity index (χ2n) is 6.77. The predicted octanol–water partition coefficient (Wildman–Crippen LogP) is 4.49. The van der Waals surface area contributed by atoms with Crippen LogP contribution in [0.4, 0.5) is 0 Å². The number of hydrogen-bond donors (Lipinski definition) is 0. The number of aryl methyl sites for hydroxylation is 1. The predicted molar refractivity (Wildman–Crippen MR) is 110 cm³/mol. The Balaban J connectivity index is 1.90. The van der Waals surface area contributed by atoms with E-state index in [1.807, 2.05) is 42.5 Å². The summed E-state index contributed by atoms with van der Waals surface area (Å²) >= 11 is 1.41. The van der Waals surface area contributed by atoms with Gasteiger partial charge >= 0.3 is 0 Å². The minimum absolute atomic E-state index is 0.0806. The maximum atomic E-state index is 13.4. The molecule has 0 N–H and O–H groups in total. The van der Waals surface area contributed by atoms with Crippen LogP contribution in [0.3, 0.4) is 0 Å². The van der Waals surface area contributed by atoms with E-state index >= 15 is 0 Å². The third kappa shape index (κ3) is 3.45. The summed E-state index contributed by atoms with van der Waals surface area (Å²) in [6.45, 7) is 5.99. The molecule has 4 rings (SSSR count). The first kappa shape index (κ1) is 18.4. The summed E-state index contributed by atoms with van der Waals surface area (Å²) in [7, 11) is 0. The summed E-state index contributed by atoms with van der Waals surface area (Å²) in [4.78, 5) is 18.2. The number of benzene rings is 2. The van der Waals surface area contributed by atoms with Crippen LogP contribution in [0.25, 0.3) is 16.6 Å². The smallest absolute Gasteiger partial charge is 0.266 e. The molecule has 0 atom stereocenters. The quantitative estimate of drug-likeness (QED) is 0.368. The van der Waals surface area contributed by atoms with Crippen molar-refractivity contribution >= 4 is 22.7 Å². The van der Waals surface area contributed by atoms with E-state index in [0.717, 1.165) is 11.3 Å². The molecule has 6 nitrogen and oxygen atoms in total. The molecule has 2 aromatic heterocycles. The molecule has 4 aromatic rings. The van der Waals surface area contributed by atoms with Crippen LogP contribution in [0, 0.1) is 6.92 Å². The summed E-state index contributed by atoms with van der Waals surface area (Å²) in [6.07, 6.45) is 0. The lowest BCUT2D eigenvalue weighted by Gasteiger charge is -2.17. The average molecular weight is 392 g/mol. The van der Waals surface area contributed by atoms with Gasteiger partial charge in [-0.05, 0) is 29.7 Å². The minimum atomic E-state index is -0.0806. The molecule has 0 saturated carbocycles. The van der Waals surface area contributed by atoms with Crippen molar-refractivity contribution < 1.29 is 4.42 Å². The normalized spacial score (nSPS) is 11.4. The summed E-state index contributed by atoms with van der Waals surface area (Å²) in [6, 6.07) is 15.4. The Morgan fingerprint density at radius 2 is 1.82 bits per heavy atom. The van der Waals surface area contributed by atoms with Crippen molar-refractivity contribution in [3.05, 3.63) is 76.2 Å². The third-order valence-electron chi connectivity index (χ3n) is 4.44. The monoisotopic (exact) mass is 392 g/mol. The Bertz CT molecular complexity index is 1200. The number of rotatable bonds is 5. The highest BCUT2D eigenvalue weighted by molar-refractivity contribution is 7.98. The van der Waals surface area contributed by atoms with E-state index in [1.54, 1.807) is 11.5 Å². The summed E-state index contributed by atoms with van der Waals surface area (Å²) in [5.41, 5.74) is 2.54. The van der Waals surface area contributed by atoms with E-state index in [-0.39, 0.29) is 11.5 Å². The van der Waals surface area contributed by atoms with Gasteiger partial charge in [0.05, 0.1) is 22.3 Å². The Morgan fingerprint density at radius 3 is 2.57 bits per heavy atom. The van der Waals surface area contributed by atoms with Crippen LogP contribution in [0.2, 0.25) is 0 Å². The van der Waals surface area contributed by atoms with Crippen LogP contribution >= 0.6 is 11.8 Å². The first-order chi connectivity index (χ1) is 13.5. The second-order valence-corrected chi connectivity index (χ2v) is 7.71. The molecule has 0 fully saturated rings. The van der Waals surface area contributed by atoms with Gasteiger partial charge in [-0.3, -0.25) is 9.36 Å². The van der Waals surface area contributed by atoms with Crippen molar-refractivity contribution in [2.45, 2.75) is 37.6 Å². The van der Waals surface area contributed by atoms with Gasteiger partial charge in [0.25, 0.3) is 5.56 Å². The van der Waals surface area contributed by atoms with Gasteiger partial charge in [-0.25, -0.2) is 4.98 Å². The molecule has 7 heteroatoms. The van der Waals surface area contributed by atoms with E-state index in [0.29, 0.717) is 33.6 Å².